The van der Waals surface area contributed by atoms with Gasteiger partial charge in [0, 0.05) is 17.7 Å². The Bertz CT molecular complexity index is 720. The number of hydrogen-bond acceptors (Lipinski definition) is 3. The third-order valence-electron chi connectivity index (χ3n) is 5.25. The van der Waals surface area contributed by atoms with Crippen LogP contribution in [0.25, 0.3) is 0 Å². The van der Waals surface area contributed by atoms with Crippen LogP contribution in [0.15, 0.2) is 18.2 Å². The van der Waals surface area contributed by atoms with Gasteiger partial charge in [0.2, 0.25) is 5.91 Å². The lowest BCUT2D eigenvalue weighted by atomic mass is 9.83. The first-order valence-electron chi connectivity index (χ1n) is 9.46. The monoisotopic (exact) mass is 380 g/mol. The highest BCUT2D eigenvalue weighted by atomic mass is 19.1. The van der Waals surface area contributed by atoms with Crippen molar-refractivity contribution in [3.8, 4) is 0 Å². The second-order valence-electron chi connectivity index (χ2n) is 7.97. The van der Waals surface area contributed by atoms with E-state index in [1.807, 2.05) is 13.8 Å². The van der Waals surface area contributed by atoms with Crippen LogP contribution in [0.3, 0.4) is 0 Å². The maximum atomic E-state index is 13.7. The number of amides is 2. The van der Waals surface area contributed by atoms with Crippen LogP contribution in [0.5, 0.6) is 0 Å². The number of rotatable bonds is 3. The summed E-state index contributed by atoms with van der Waals surface area (Å²) >= 11 is 0. The third kappa shape index (κ3) is 3.98. The Balaban J connectivity index is 1.99. The molecule has 3 rings (SSSR count). The molecular formula is C20H26F2N2O3. The Morgan fingerprint density at radius 3 is 2.52 bits per heavy atom. The van der Waals surface area contributed by atoms with Crippen LogP contribution in [0.2, 0.25) is 0 Å². The lowest BCUT2D eigenvalue weighted by molar-refractivity contribution is -0.128. The molecule has 2 fully saturated rings. The first kappa shape index (κ1) is 19.7. The van der Waals surface area contributed by atoms with E-state index >= 15 is 0 Å². The summed E-state index contributed by atoms with van der Waals surface area (Å²) in [5, 5.41) is 2.82. The molecule has 2 amide bonds. The Kier molecular flexibility index (Phi) is 5.51. The van der Waals surface area contributed by atoms with Crippen LogP contribution in [0, 0.1) is 17.6 Å². The second kappa shape index (κ2) is 7.54. The lowest BCUT2D eigenvalue weighted by Crippen LogP contribution is -2.57. The first-order chi connectivity index (χ1) is 12.7. The highest BCUT2D eigenvalue weighted by Gasteiger charge is 2.54. The number of ether oxygens (including phenoxy) is 1. The lowest BCUT2D eigenvalue weighted by Gasteiger charge is -2.43. The normalized spacial score (nSPS) is 28.0. The van der Waals surface area contributed by atoms with Crippen molar-refractivity contribution >= 4 is 11.8 Å². The molecule has 27 heavy (non-hydrogen) atoms. The highest BCUT2D eigenvalue weighted by molar-refractivity contribution is 5.98. The fraction of sp³-hybridized carbons (Fsp3) is 0.600. The summed E-state index contributed by atoms with van der Waals surface area (Å²) in [6, 6.07) is 1.81. The van der Waals surface area contributed by atoms with Gasteiger partial charge in [0.1, 0.15) is 23.4 Å². The van der Waals surface area contributed by atoms with Crippen LogP contribution in [0.1, 0.15) is 56.8 Å². The molecule has 0 aromatic heterocycles. The molecule has 1 aliphatic carbocycles. The number of carbonyl (C=O) groups is 2. The Hall–Kier alpha value is -2.02. The number of nitrogens with zero attached hydrogens (tertiary/aromatic N) is 1. The van der Waals surface area contributed by atoms with Crippen LogP contribution >= 0.6 is 0 Å². The highest BCUT2D eigenvalue weighted by Crippen LogP contribution is 2.43. The second-order valence-corrected chi connectivity index (χ2v) is 7.97. The van der Waals surface area contributed by atoms with Gasteiger partial charge in [0.25, 0.3) is 5.91 Å². The van der Waals surface area contributed by atoms with Crippen molar-refractivity contribution in [2.75, 3.05) is 6.61 Å². The van der Waals surface area contributed by atoms with Gasteiger partial charge in [-0.15, -0.1) is 0 Å². The summed E-state index contributed by atoms with van der Waals surface area (Å²) < 4.78 is 33.4. The molecule has 1 saturated heterocycles. The van der Waals surface area contributed by atoms with E-state index in [0.29, 0.717) is 18.8 Å². The number of hydrogen-bond donors (Lipinski definition) is 1. The molecule has 7 heteroatoms. The van der Waals surface area contributed by atoms with E-state index in [1.54, 1.807) is 0 Å². The predicted octanol–water partition coefficient (Wildman–Crippen LogP) is 3.24. The third-order valence-corrected chi connectivity index (χ3v) is 5.25. The van der Waals surface area contributed by atoms with E-state index in [-0.39, 0.29) is 24.1 Å². The van der Waals surface area contributed by atoms with Gasteiger partial charge in [-0.1, -0.05) is 13.3 Å². The SMILES string of the molecule is CC(C)NC(=O)[C@@H]1CO[C@]2(CCC[C@H](C)C2)N1C(=O)c1cc(F)cc(F)c1. The topological polar surface area (TPSA) is 58.6 Å². The summed E-state index contributed by atoms with van der Waals surface area (Å²) in [6.07, 6.45) is 3.08. The number of nitrogens with one attached hydrogen (secondary N) is 1. The van der Waals surface area contributed by atoms with Crippen molar-refractivity contribution in [1.29, 1.82) is 0 Å². The van der Waals surface area contributed by atoms with Gasteiger partial charge in [-0.05, 0) is 51.2 Å². The standard InChI is InChI=1S/C20H26F2N2O3/c1-12(2)23-18(25)17-11-27-20(6-4-5-13(3)10-20)24(17)19(26)14-7-15(21)9-16(22)8-14/h7-9,12-13,17H,4-6,10-11H2,1-3H3,(H,23,25)/t13-,17-,20-/m0/s1. The molecule has 1 aliphatic heterocycles. The van der Waals surface area contributed by atoms with Gasteiger partial charge < -0.3 is 10.1 Å². The van der Waals surface area contributed by atoms with Crippen LogP contribution < -0.4 is 5.32 Å². The van der Waals surface area contributed by atoms with Crippen molar-refractivity contribution in [2.45, 2.75) is 64.3 Å². The van der Waals surface area contributed by atoms with Gasteiger partial charge in [-0.3, -0.25) is 14.5 Å². The summed E-state index contributed by atoms with van der Waals surface area (Å²) in [4.78, 5) is 27.4. The van der Waals surface area contributed by atoms with Gasteiger partial charge in [0.05, 0.1) is 6.61 Å². The zero-order valence-corrected chi connectivity index (χ0v) is 15.9. The van der Waals surface area contributed by atoms with Crippen LogP contribution in [0.4, 0.5) is 8.78 Å². The quantitative estimate of drug-likeness (QED) is 0.876. The molecule has 1 heterocycles. The fourth-order valence-corrected chi connectivity index (χ4v) is 4.20. The minimum absolute atomic E-state index is 0.0782. The van der Waals surface area contributed by atoms with E-state index in [4.69, 9.17) is 4.74 Å². The Labute approximate surface area is 158 Å². The maximum absolute atomic E-state index is 13.7. The molecule has 1 spiro atoms. The number of halogens is 2. The minimum atomic E-state index is -0.906. The molecule has 148 valence electrons. The molecule has 1 aromatic carbocycles. The van der Waals surface area contributed by atoms with Gasteiger partial charge in [-0.2, -0.15) is 0 Å². The van der Waals surface area contributed by atoms with E-state index in [1.165, 1.54) is 4.90 Å². The molecular weight excluding hydrogens is 354 g/mol. The van der Waals surface area contributed by atoms with Crippen molar-refractivity contribution in [1.82, 2.24) is 10.2 Å². The summed E-state index contributed by atoms with van der Waals surface area (Å²) in [5.74, 6) is -2.22. The molecule has 5 nitrogen and oxygen atoms in total. The number of carbonyl (C=O) groups excluding carboxylic acids is 2. The molecule has 1 saturated carbocycles. The average molecular weight is 380 g/mol. The van der Waals surface area contributed by atoms with Crippen molar-refractivity contribution in [3.05, 3.63) is 35.4 Å². The van der Waals surface area contributed by atoms with E-state index in [0.717, 1.165) is 31.0 Å². The molecule has 0 bridgehead atoms. The van der Waals surface area contributed by atoms with Crippen molar-refractivity contribution in [3.63, 3.8) is 0 Å². The molecule has 3 atom stereocenters. The smallest absolute Gasteiger partial charge is 0.257 e. The van der Waals surface area contributed by atoms with E-state index in [2.05, 4.69) is 12.2 Å². The summed E-state index contributed by atoms with van der Waals surface area (Å²) in [7, 11) is 0. The molecule has 0 unspecified atom stereocenters. The molecule has 1 aromatic rings. The Morgan fingerprint density at radius 2 is 1.93 bits per heavy atom. The first-order valence-corrected chi connectivity index (χ1v) is 9.46. The molecule has 0 radical (unpaired) electrons. The molecule has 1 N–H and O–H groups in total. The predicted molar refractivity (Wildman–Crippen MR) is 95.9 cm³/mol. The van der Waals surface area contributed by atoms with Crippen LogP contribution in [-0.4, -0.2) is 41.1 Å². The van der Waals surface area contributed by atoms with E-state index < -0.39 is 29.3 Å². The van der Waals surface area contributed by atoms with Crippen molar-refractivity contribution in [2.24, 2.45) is 5.92 Å². The van der Waals surface area contributed by atoms with Gasteiger partial charge in [0.15, 0.2) is 0 Å². The van der Waals surface area contributed by atoms with Gasteiger partial charge >= 0.3 is 0 Å². The summed E-state index contributed by atoms with van der Waals surface area (Å²) in [6.45, 7) is 5.83. The summed E-state index contributed by atoms with van der Waals surface area (Å²) in [5.41, 5.74) is -1.02. The largest absolute Gasteiger partial charge is 0.353 e. The Morgan fingerprint density at radius 1 is 1.26 bits per heavy atom. The average Bonchev–Trinajstić information content (AvgIpc) is 2.91. The van der Waals surface area contributed by atoms with Crippen LogP contribution in [-0.2, 0) is 9.53 Å². The number of benzene rings is 1. The fourth-order valence-electron chi connectivity index (χ4n) is 4.20. The zero-order chi connectivity index (χ0) is 19.8. The van der Waals surface area contributed by atoms with E-state index in [9.17, 15) is 18.4 Å². The zero-order valence-electron chi connectivity index (χ0n) is 15.9. The minimum Gasteiger partial charge on any atom is -0.353 e. The molecule has 2 aliphatic rings. The maximum Gasteiger partial charge on any atom is 0.257 e. The van der Waals surface area contributed by atoms with Crippen molar-refractivity contribution < 1.29 is 23.1 Å². The van der Waals surface area contributed by atoms with Gasteiger partial charge in [-0.25, -0.2) is 8.78 Å².